The minimum atomic E-state index is 0.484. The van der Waals surface area contributed by atoms with Gasteiger partial charge in [0.1, 0.15) is 17.9 Å². The third-order valence-corrected chi connectivity index (χ3v) is 3.07. The molecule has 0 saturated carbocycles. The molecule has 96 valence electrons. The fourth-order valence-corrected chi connectivity index (χ4v) is 2.16. The van der Waals surface area contributed by atoms with Crippen LogP contribution < -0.4 is 10.5 Å². The molecule has 0 fully saturated rings. The molecular formula is C15H15N3O. The first-order valence-electron chi connectivity index (χ1n) is 6.15. The number of benzene rings is 1. The first kappa shape index (κ1) is 11.6. The lowest BCUT2D eigenvalue weighted by atomic mass is 10.2. The zero-order chi connectivity index (χ0) is 13.2. The van der Waals surface area contributed by atoms with E-state index in [1.807, 2.05) is 60.0 Å². The van der Waals surface area contributed by atoms with E-state index in [0.29, 0.717) is 12.6 Å². The van der Waals surface area contributed by atoms with Gasteiger partial charge in [-0.3, -0.25) is 4.40 Å². The monoisotopic (exact) mass is 253 g/mol. The number of hydrogen-bond acceptors (Lipinski definition) is 3. The predicted octanol–water partition coefficient (Wildman–Crippen LogP) is 2.80. The Balaban J connectivity index is 1.93. The third-order valence-electron chi connectivity index (χ3n) is 3.07. The Morgan fingerprint density at radius 1 is 1.16 bits per heavy atom. The van der Waals surface area contributed by atoms with Gasteiger partial charge in [0.15, 0.2) is 0 Å². The molecule has 0 spiro atoms. The Kier molecular flexibility index (Phi) is 2.83. The van der Waals surface area contributed by atoms with Crippen molar-refractivity contribution in [3.05, 3.63) is 59.9 Å². The normalized spacial score (nSPS) is 10.8. The van der Waals surface area contributed by atoms with Crippen LogP contribution in [0.15, 0.2) is 48.7 Å². The summed E-state index contributed by atoms with van der Waals surface area (Å²) in [5.41, 5.74) is 8.79. The van der Waals surface area contributed by atoms with E-state index < -0.39 is 0 Å². The molecule has 2 N–H and O–H groups in total. The van der Waals surface area contributed by atoms with Gasteiger partial charge >= 0.3 is 0 Å². The highest BCUT2D eigenvalue weighted by Crippen LogP contribution is 2.25. The molecule has 0 bridgehead atoms. The standard InChI is InChI=1S/C15H15N3O/c1-11-14-13(8-5-9-18(14)15(16)17-11)19-10-12-6-3-2-4-7-12/h2-9H,10H2,1H3,(H2,16,17). The van der Waals surface area contributed by atoms with Crippen molar-refractivity contribution in [2.75, 3.05) is 5.73 Å². The van der Waals surface area contributed by atoms with E-state index in [2.05, 4.69) is 4.98 Å². The van der Waals surface area contributed by atoms with E-state index in [4.69, 9.17) is 10.5 Å². The predicted molar refractivity (Wildman–Crippen MR) is 75.1 cm³/mol. The average Bonchev–Trinajstić information content (AvgIpc) is 2.74. The van der Waals surface area contributed by atoms with Crippen LogP contribution >= 0.6 is 0 Å². The maximum atomic E-state index is 5.88. The SMILES string of the molecule is Cc1nc(N)n2cccc(OCc3ccccc3)c12. The van der Waals surface area contributed by atoms with Gasteiger partial charge in [0, 0.05) is 6.20 Å². The molecule has 0 atom stereocenters. The van der Waals surface area contributed by atoms with Gasteiger partial charge in [0.05, 0.1) is 5.69 Å². The molecule has 4 heteroatoms. The van der Waals surface area contributed by atoms with Crippen LogP contribution in [0.3, 0.4) is 0 Å². The van der Waals surface area contributed by atoms with Crippen molar-refractivity contribution in [3.8, 4) is 5.75 Å². The number of imidazole rings is 1. The van der Waals surface area contributed by atoms with Gasteiger partial charge < -0.3 is 10.5 Å². The summed E-state index contributed by atoms with van der Waals surface area (Å²) in [4.78, 5) is 4.27. The first-order chi connectivity index (χ1) is 9.25. The smallest absolute Gasteiger partial charge is 0.205 e. The van der Waals surface area contributed by atoms with Gasteiger partial charge in [0.25, 0.3) is 0 Å². The van der Waals surface area contributed by atoms with Gasteiger partial charge in [-0.2, -0.15) is 0 Å². The van der Waals surface area contributed by atoms with Crippen molar-refractivity contribution in [1.82, 2.24) is 9.38 Å². The minimum Gasteiger partial charge on any atom is -0.487 e. The highest BCUT2D eigenvalue weighted by atomic mass is 16.5. The van der Waals surface area contributed by atoms with Gasteiger partial charge in [0.2, 0.25) is 5.95 Å². The van der Waals surface area contributed by atoms with Crippen LogP contribution in [0.1, 0.15) is 11.3 Å². The van der Waals surface area contributed by atoms with Crippen LogP contribution in [0.2, 0.25) is 0 Å². The third kappa shape index (κ3) is 2.12. The number of aryl methyl sites for hydroxylation is 1. The van der Waals surface area contributed by atoms with E-state index in [1.165, 1.54) is 0 Å². The number of nitrogen functional groups attached to an aromatic ring is 1. The van der Waals surface area contributed by atoms with E-state index >= 15 is 0 Å². The van der Waals surface area contributed by atoms with Crippen LogP contribution in [0.4, 0.5) is 5.95 Å². The Morgan fingerprint density at radius 3 is 2.74 bits per heavy atom. The highest BCUT2D eigenvalue weighted by molar-refractivity contribution is 5.66. The van der Waals surface area contributed by atoms with Crippen molar-refractivity contribution in [3.63, 3.8) is 0 Å². The second-order valence-electron chi connectivity index (χ2n) is 4.42. The Labute approximate surface area is 111 Å². The maximum Gasteiger partial charge on any atom is 0.205 e. The van der Waals surface area contributed by atoms with Gasteiger partial charge in [-0.1, -0.05) is 30.3 Å². The van der Waals surface area contributed by atoms with Crippen molar-refractivity contribution in [2.45, 2.75) is 13.5 Å². The lowest BCUT2D eigenvalue weighted by Crippen LogP contribution is -1.98. The van der Waals surface area contributed by atoms with Gasteiger partial charge in [-0.05, 0) is 24.6 Å². The van der Waals surface area contributed by atoms with Crippen molar-refractivity contribution in [1.29, 1.82) is 0 Å². The molecule has 19 heavy (non-hydrogen) atoms. The van der Waals surface area contributed by atoms with E-state index in [-0.39, 0.29) is 0 Å². The van der Waals surface area contributed by atoms with Crippen LogP contribution in [0.25, 0.3) is 5.52 Å². The molecule has 0 radical (unpaired) electrons. The summed E-state index contributed by atoms with van der Waals surface area (Å²) in [6, 6.07) is 13.9. The Hall–Kier alpha value is -2.49. The summed E-state index contributed by atoms with van der Waals surface area (Å²) in [7, 11) is 0. The van der Waals surface area contributed by atoms with Crippen LogP contribution in [0.5, 0.6) is 5.75 Å². The van der Waals surface area contributed by atoms with Crippen molar-refractivity contribution >= 4 is 11.5 Å². The number of hydrogen-bond donors (Lipinski definition) is 1. The fraction of sp³-hybridized carbons (Fsp3) is 0.133. The van der Waals surface area contributed by atoms with Crippen molar-refractivity contribution in [2.24, 2.45) is 0 Å². The number of anilines is 1. The number of nitrogens with zero attached hydrogens (tertiary/aromatic N) is 2. The number of fused-ring (bicyclic) bond motifs is 1. The molecular weight excluding hydrogens is 238 g/mol. The summed E-state index contributed by atoms with van der Waals surface area (Å²) in [6.45, 7) is 2.46. The summed E-state index contributed by atoms with van der Waals surface area (Å²) >= 11 is 0. The molecule has 1 aromatic carbocycles. The molecule has 0 saturated heterocycles. The molecule has 2 heterocycles. The van der Waals surface area contributed by atoms with Crippen LogP contribution in [0, 0.1) is 6.92 Å². The average molecular weight is 253 g/mol. The minimum absolute atomic E-state index is 0.484. The zero-order valence-electron chi connectivity index (χ0n) is 10.7. The number of aromatic nitrogens is 2. The quantitative estimate of drug-likeness (QED) is 0.781. The van der Waals surface area contributed by atoms with Gasteiger partial charge in [-0.25, -0.2) is 4.98 Å². The zero-order valence-corrected chi connectivity index (χ0v) is 10.7. The number of ether oxygens (including phenoxy) is 1. The van der Waals surface area contributed by atoms with E-state index in [9.17, 15) is 0 Å². The summed E-state index contributed by atoms with van der Waals surface area (Å²) in [5.74, 6) is 1.28. The summed E-state index contributed by atoms with van der Waals surface area (Å²) < 4.78 is 7.73. The lowest BCUT2D eigenvalue weighted by Gasteiger charge is -2.08. The van der Waals surface area contributed by atoms with Crippen molar-refractivity contribution < 1.29 is 4.74 Å². The molecule has 3 aromatic rings. The number of rotatable bonds is 3. The van der Waals surface area contributed by atoms with E-state index in [0.717, 1.165) is 22.5 Å². The molecule has 0 amide bonds. The molecule has 0 aliphatic carbocycles. The number of nitrogens with two attached hydrogens (primary N) is 1. The maximum absolute atomic E-state index is 5.88. The Bertz CT molecular complexity index is 704. The molecule has 4 nitrogen and oxygen atoms in total. The Morgan fingerprint density at radius 2 is 1.95 bits per heavy atom. The molecule has 3 rings (SSSR count). The van der Waals surface area contributed by atoms with Crippen LogP contribution in [-0.2, 0) is 6.61 Å². The highest BCUT2D eigenvalue weighted by Gasteiger charge is 2.10. The van der Waals surface area contributed by atoms with Crippen LogP contribution in [-0.4, -0.2) is 9.38 Å². The summed E-state index contributed by atoms with van der Waals surface area (Å²) in [6.07, 6.45) is 1.89. The van der Waals surface area contributed by atoms with Gasteiger partial charge in [-0.15, -0.1) is 0 Å². The summed E-state index contributed by atoms with van der Waals surface area (Å²) in [5, 5.41) is 0. The molecule has 0 unspecified atom stereocenters. The second kappa shape index (κ2) is 4.65. The van der Waals surface area contributed by atoms with E-state index in [1.54, 1.807) is 0 Å². The molecule has 0 aliphatic rings. The molecule has 0 aliphatic heterocycles. The topological polar surface area (TPSA) is 52.5 Å². The second-order valence-corrected chi connectivity index (χ2v) is 4.42. The lowest BCUT2D eigenvalue weighted by molar-refractivity contribution is 0.308. The molecule has 2 aromatic heterocycles. The number of pyridine rings is 1. The fourth-order valence-electron chi connectivity index (χ4n) is 2.16. The largest absolute Gasteiger partial charge is 0.487 e. The first-order valence-corrected chi connectivity index (χ1v) is 6.15.